The van der Waals surface area contributed by atoms with Gasteiger partial charge in [0.25, 0.3) is 22.9 Å². The first-order chi connectivity index (χ1) is 13.8. The molecule has 0 atom stereocenters. The van der Waals surface area contributed by atoms with Gasteiger partial charge in [-0.3, -0.25) is 20.2 Å². The Balaban J connectivity index is 2.49. The molecule has 2 aromatic rings. The van der Waals surface area contributed by atoms with Crippen molar-refractivity contribution in [2.45, 2.75) is 12.4 Å². The summed E-state index contributed by atoms with van der Waals surface area (Å²) in [6.45, 7) is 0. The number of nitrogens with zero attached hydrogens (tertiary/aromatic N) is 2. The maximum atomic E-state index is 13.3. The second kappa shape index (κ2) is 8.26. The molecule has 0 radical (unpaired) electrons. The molecular formula is C16H8F6N2O6. The monoisotopic (exact) mass is 438 g/mol. The Labute approximate surface area is 162 Å². The highest BCUT2D eigenvalue weighted by Gasteiger charge is 2.50. The molecule has 0 aliphatic carbocycles. The quantitative estimate of drug-likeness (QED) is 0.262. The van der Waals surface area contributed by atoms with Crippen LogP contribution in [0.1, 0.15) is 0 Å². The number of non-ortho nitro benzene ring substituents is 2. The van der Waals surface area contributed by atoms with Crippen molar-refractivity contribution < 1.29 is 45.7 Å². The first-order valence-electron chi connectivity index (χ1n) is 7.52. The molecule has 0 bridgehead atoms. The number of nitro benzene ring substituents is 2. The SMILES string of the molecule is O=[N+]([O-])c1ccc(O/C(=C(/Oc2ccc([N+](=O)[O-])cc2)C(F)(F)F)C(F)(F)F)cc1. The zero-order chi connectivity index (χ0) is 22.7. The average Bonchev–Trinajstić information content (AvgIpc) is 2.63. The van der Waals surface area contributed by atoms with Crippen LogP contribution in [0.15, 0.2) is 60.0 Å². The lowest BCUT2D eigenvalue weighted by molar-refractivity contribution is -0.385. The molecule has 0 aromatic heterocycles. The van der Waals surface area contributed by atoms with E-state index >= 15 is 0 Å². The van der Waals surface area contributed by atoms with Crippen LogP contribution >= 0.6 is 0 Å². The molecule has 0 saturated carbocycles. The van der Waals surface area contributed by atoms with Crippen LogP contribution in [0.5, 0.6) is 11.5 Å². The smallest absolute Gasteiger partial charge is 0.449 e. The topological polar surface area (TPSA) is 105 Å². The number of hydrogen-bond donors (Lipinski definition) is 0. The molecule has 0 aliphatic heterocycles. The fourth-order valence-electron chi connectivity index (χ4n) is 1.97. The predicted octanol–water partition coefficient (Wildman–Crippen LogP) is 5.30. The summed E-state index contributed by atoms with van der Waals surface area (Å²) in [6.07, 6.45) is -11.3. The second-order valence-electron chi connectivity index (χ2n) is 5.36. The minimum Gasteiger partial charge on any atom is -0.449 e. The summed E-state index contributed by atoms with van der Waals surface area (Å²) < 4.78 is 88.5. The van der Waals surface area contributed by atoms with Gasteiger partial charge in [0.15, 0.2) is 0 Å². The molecule has 0 fully saturated rings. The molecule has 14 heteroatoms. The minimum atomic E-state index is -5.67. The van der Waals surface area contributed by atoms with Gasteiger partial charge in [-0.05, 0) is 24.3 Å². The first kappa shape index (κ1) is 22.4. The maximum Gasteiger partial charge on any atom is 0.453 e. The molecule has 0 saturated heterocycles. The van der Waals surface area contributed by atoms with Crippen molar-refractivity contribution in [3.8, 4) is 11.5 Å². The van der Waals surface area contributed by atoms with Gasteiger partial charge in [0.2, 0.25) is 0 Å². The molecule has 0 spiro atoms. The van der Waals surface area contributed by atoms with Crippen LogP contribution in [0.2, 0.25) is 0 Å². The van der Waals surface area contributed by atoms with Crippen LogP contribution in [0.25, 0.3) is 0 Å². The fourth-order valence-corrected chi connectivity index (χ4v) is 1.97. The van der Waals surface area contributed by atoms with Crippen LogP contribution in [0.4, 0.5) is 37.7 Å². The number of alkyl halides is 6. The largest absolute Gasteiger partial charge is 0.453 e. The number of benzene rings is 2. The van der Waals surface area contributed by atoms with Gasteiger partial charge in [-0.25, -0.2) is 0 Å². The number of rotatable bonds is 6. The van der Waals surface area contributed by atoms with Crippen molar-refractivity contribution in [2.24, 2.45) is 0 Å². The van der Waals surface area contributed by atoms with E-state index in [2.05, 4.69) is 9.47 Å². The van der Waals surface area contributed by atoms with E-state index in [-0.39, 0.29) is 0 Å². The lowest BCUT2D eigenvalue weighted by Gasteiger charge is -2.20. The number of nitro groups is 2. The maximum absolute atomic E-state index is 13.3. The van der Waals surface area contributed by atoms with Gasteiger partial charge in [-0.15, -0.1) is 0 Å². The Morgan fingerprint density at radius 2 is 0.900 bits per heavy atom. The van der Waals surface area contributed by atoms with Crippen molar-refractivity contribution in [2.75, 3.05) is 0 Å². The van der Waals surface area contributed by atoms with E-state index in [1.807, 2.05) is 0 Å². The van der Waals surface area contributed by atoms with E-state index in [0.29, 0.717) is 24.3 Å². The lowest BCUT2D eigenvalue weighted by atomic mass is 10.3. The van der Waals surface area contributed by atoms with Crippen molar-refractivity contribution in [1.29, 1.82) is 0 Å². The molecule has 30 heavy (non-hydrogen) atoms. The number of halogens is 6. The minimum absolute atomic E-state index is 0.530. The third kappa shape index (κ3) is 5.59. The summed E-state index contributed by atoms with van der Waals surface area (Å²) in [7, 11) is 0. The highest BCUT2D eigenvalue weighted by atomic mass is 19.4. The number of ether oxygens (including phenoxy) is 2. The Kier molecular flexibility index (Phi) is 6.18. The van der Waals surface area contributed by atoms with Gasteiger partial charge < -0.3 is 9.47 Å². The van der Waals surface area contributed by atoms with Gasteiger partial charge >= 0.3 is 12.4 Å². The Morgan fingerprint density at radius 3 is 1.10 bits per heavy atom. The summed E-state index contributed by atoms with van der Waals surface area (Å²) >= 11 is 0. The van der Waals surface area contributed by atoms with Gasteiger partial charge in [-0.2, -0.15) is 26.3 Å². The molecule has 0 heterocycles. The standard InChI is InChI=1S/C16H8F6N2O6/c17-15(18,19)13(29-11-5-1-9(2-6-11)23(25)26)14(16(20,21)22)30-12-7-3-10(4-8-12)24(27)28/h1-8H/b14-13+. The Bertz CT molecular complexity index is 888. The summed E-state index contributed by atoms with van der Waals surface area (Å²) in [5.74, 6) is -6.69. The van der Waals surface area contributed by atoms with Gasteiger partial charge in [-0.1, -0.05) is 0 Å². The van der Waals surface area contributed by atoms with Gasteiger partial charge in [0.05, 0.1) is 9.85 Å². The van der Waals surface area contributed by atoms with Gasteiger partial charge in [0, 0.05) is 24.3 Å². The highest BCUT2D eigenvalue weighted by Crippen LogP contribution is 2.39. The zero-order valence-electron chi connectivity index (χ0n) is 14.2. The van der Waals surface area contributed by atoms with E-state index in [4.69, 9.17) is 0 Å². The molecule has 0 aliphatic rings. The molecule has 0 unspecified atom stereocenters. The molecule has 8 nitrogen and oxygen atoms in total. The highest BCUT2D eigenvalue weighted by molar-refractivity contribution is 5.39. The molecule has 0 amide bonds. The molecule has 160 valence electrons. The van der Waals surface area contributed by atoms with Gasteiger partial charge in [0.1, 0.15) is 11.5 Å². The second-order valence-corrected chi connectivity index (χ2v) is 5.36. The average molecular weight is 438 g/mol. The van der Waals surface area contributed by atoms with Crippen molar-refractivity contribution >= 4 is 11.4 Å². The third-order valence-electron chi connectivity index (χ3n) is 3.26. The third-order valence-corrected chi connectivity index (χ3v) is 3.26. The van der Waals surface area contributed by atoms with Crippen molar-refractivity contribution in [3.63, 3.8) is 0 Å². The zero-order valence-corrected chi connectivity index (χ0v) is 14.2. The lowest BCUT2D eigenvalue weighted by Crippen LogP contribution is -2.29. The van der Waals surface area contributed by atoms with Crippen LogP contribution in [-0.4, -0.2) is 22.2 Å². The van der Waals surface area contributed by atoms with E-state index < -0.39 is 56.6 Å². The molecular weight excluding hydrogens is 430 g/mol. The summed E-state index contributed by atoms with van der Waals surface area (Å²) in [4.78, 5) is 19.4. The first-order valence-corrected chi connectivity index (χ1v) is 7.52. The van der Waals surface area contributed by atoms with E-state index in [0.717, 1.165) is 24.3 Å². The van der Waals surface area contributed by atoms with Crippen LogP contribution in [-0.2, 0) is 0 Å². The fraction of sp³-hybridized carbons (Fsp3) is 0.125. The van der Waals surface area contributed by atoms with Crippen LogP contribution in [0, 0.1) is 20.2 Å². The summed E-state index contributed by atoms with van der Waals surface area (Å²) in [5.41, 5.74) is -1.06. The molecule has 2 aromatic carbocycles. The predicted molar refractivity (Wildman–Crippen MR) is 86.6 cm³/mol. The number of allylic oxidation sites excluding steroid dienone is 2. The Hall–Kier alpha value is -3.84. The summed E-state index contributed by atoms with van der Waals surface area (Å²) in [6, 6.07) is 5.60. The normalized spacial score (nSPS) is 12.7. The van der Waals surface area contributed by atoms with E-state index in [9.17, 15) is 46.6 Å². The molecule has 2 rings (SSSR count). The van der Waals surface area contributed by atoms with E-state index in [1.165, 1.54) is 0 Å². The summed E-state index contributed by atoms with van der Waals surface area (Å²) in [5, 5.41) is 21.1. The van der Waals surface area contributed by atoms with Crippen molar-refractivity contribution in [3.05, 3.63) is 80.3 Å². The van der Waals surface area contributed by atoms with Crippen LogP contribution in [0.3, 0.4) is 0 Å². The number of hydrogen-bond acceptors (Lipinski definition) is 6. The van der Waals surface area contributed by atoms with Crippen LogP contribution < -0.4 is 9.47 Å². The Morgan fingerprint density at radius 1 is 0.633 bits per heavy atom. The van der Waals surface area contributed by atoms with Crippen molar-refractivity contribution in [1.82, 2.24) is 0 Å². The van der Waals surface area contributed by atoms with E-state index in [1.54, 1.807) is 0 Å². The molecule has 0 N–H and O–H groups in total.